The maximum absolute atomic E-state index is 13.7. The number of ether oxygens (including phenoxy) is 1. The lowest BCUT2D eigenvalue weighted by Gasteiger charge is -2.21. The van der Waals surface area contributed by atoms with Gasteiger partial charge in [-0.25, -0.2) is 0 Å². The molecule has 5 rings (SSSR count). The number of carbonyl (C=O) groups is 1. The van der Waals surface area contributed by atoms with Crippen molar-refractivity contribution in [2.45, 2.75) is 32.4 Å². The van der Waals surface area contributed by atoms with Crippen LogP contribution in [0.3, 0.4) is 0 Å². The van der Waals surface area contributed by atoms with Gasteiger partial charge in [0.05, 0.1) is 37.9 Å². The van der Waals surface area contributed by atoms with E-state index in [0.717, 1.165) is 47.7 Å². The van der Waals surface area contributed by atoms with E-state index in [-0.39, 0.29) is 5.91 Å². The van der Waals surface area contributed by atoms with Gasteiger partial charge in [-0.2, -0.15) is 10.2 Å². The number of hydrogen-bond acceptors (Lipinski definition) is 5. The summed E-state index contributed by atoms with van der Waals surface area (Å²) in [4.78, 5) is 15.5. The van der Waals surface area contributed by atoms with E-state index in [0.29, 0.717) is 18.8 Å². The first kappa shape index (κ1) is 21.1. The van der Waals surface area contributed by atoms with Crippen molar-refractivity contribution in [2.24, 2.45) is 14.1 Å². The van der Waals surface area contributed by atoms with Gasteiger partial charge in [-0.15, -0.1) is 0 Å². The Morgan fingerprint density at radius 2 is 1.97 bits per heavy atom. The lowest BCUT2D eigenvalue weighted by molar-refractivity contribution is 0.0703. The zero-order chi connectivity index (χ0) is 22.9. The summed E-state index contributed by atoms with van der Waals surface area (Å²) >= 11 is 0. The fraction of sp³-hybridized carbons (Fsp3) is 0.320. The van der Waals surface area contributed by atoms with E-state index in [1.807, 2.05) is 54.2 Å². The summed E-state index contributed by atoms with van der Waals surface area (Å²) in [5.74, 6) is 1.36. The van der Waals surface area contributed by atoms with Crippen LogP contribution in [0.25, 0.3) is 11.3 Å². The van der Waals surface area contributed by atoms with Crippen LogP contribution in [0.4, 0.5) is 0 Å². The van der Waals surface area contributed by atoms with Crippen LogP contribution in [0, 0.1) is 0 Å². The first-order valence-electron chi connectivity index (χ1n) is 11.1. The number of furan rings is 1. The van der Waals surface area contributed by atoms with Crippen molar-refractivity contribution >= 4 is 5.91 Å². The summed E-state index contributed by atoms with van der Waals surface area (Å²) < 4.78 is 14.5. The Morgan fingerprint density at radius 1 is 1.09 bits per heavy atom. The minimum absolute atomic E-state index is 0.118. The normalized spacial score (nSPS) is 12.7. The molecule has 1 aliphatic carbocycles. The second-order valence-corrected chi connectivity index (χ2v) is 8.36. The predicted molar refractivity (Wildman–Crippen MR) is 123 cm³/mol. The molecule has 1 aliphatic rings. The third-order valence-corrected chi connectivity index (χ3v) is 6.22. The van der Waals surface area contributed by atoms with E-state index >= 15 is 0 Å². The monoisotopic (exact) mass is 445 g/mol. The molecule has 0 radical (unpaired) electrons. The Balaban J connectivity index is 1.47. The zero-order valence-electron chi connectivity index (χ0n) is 19.1. The topological polar surface area (TPSA) is 78.3 Å². The third kappa shape index (κ3) is 4.04. The molecule has 4 aromatic rings. The van der Waals surface area contributed by atoms with E-state index in [4.69, 9.17) is 14.3 Å². The standard InChI is InChI=1S/C25H27N5O3/c1-28-23-11-5-10-20(23)22(27-28)16-30(15-19-9-6-12-33-19)25(31)24-14-21(26-29(24)2)17-7-4-8-18(13-17)32-3/h4,6-9,12-14H,5,10-11,15-16H2,1-3H3. The van der Waals surface area contributed by atoms with Gasteiger partial charge >= 0.3 is 0 Å². The number of hydrogen-bond donors (Lipinski definition) is 0. The van der Waals surface area contributed by atoms with Gasteiger partial charge in [-0.05, 0) is 55.2 Å². The van der Waals surface area contributed by atoms with E-state index < -0.39 is 0 Å². The molecule has 33 heavy (non-hydrogen) atoms. The second kappa shape index (κ2) is 8.61. The quantitative estimate of drug-likeness (QED) is 0.433. The van der Waals surface area contributed by atoms with Crippen LogP contribution in [0.5, 0.6) is 5.75 Å². The minimum Gasteiger partial charge on any atom is -0.497 e. The molecule has 0 spiro atoms. The SMILES string of the molecule is COc1cccc(-c2cc(C(=O)N(Cc3ccco3)Cc3nn(C)c4c3CCC4)n(C)n2)c1. The van der Waals surface area contributed by atoms with Gasteiger partial charge in [0.1, 0.15) is 17.2 Å². The largest absolute Gasteiger partial charge is 0.497 e. The van der Waals surface area contributed by atoms with Crippen molar-refractivity contribution in [3.63, 3.8) is 0 Å². The number of nitrogens with zero attached hydrogens (tertiary/aromatic N) is 5. The smallest absolute Gasteiger partial charge is 0.272 e. The predicted octanol–water partition coefficient (Wildman–Crippen LogP) is 3.75. The van der Waals surface area contributed by atoms with E-state index in [2.05, 4.69) is 5.10 Å². The summed E-state index contributed by atoms with van der Waals surface area (Å²) in [5.41, 5.74) is 5.63. The van der Waals surface area contributed by atoms with Crippen molar-refractivity contribution in [1.82, 2.24) is 24.5 Å². The first-order chi connectivity index (χ1) is 16.0. The lowest BCUT2D eigenvalue weighted by atomic mass is 10.1. The minimum atomic E-state index is -0.118. The van der Waals surface area contributed by atoms with Crippen LogP contribution < -0.4 is 4.74 Å². The van der Waals surface area contributed by atoms with Gasteiger partial charge < -0.3 is 14.1 Å². The van der Waals surface area contributed by atoms with Gasteiger partial charge in [0.15, 0.2) is 0 Å². The molecular weight excluding hydrogens is 418 g/mol. The van der Waals surface area contributed by atoms with Crippen molar-refractivity contribution in [3.05, 3.63) is 77.1 Å². The highest BCUT2D eigenvalue weighted by Crippen LogP contribution is 2.28. The van der Waals surface area contributed by atoms with Crippen molar-refractivity contribution in [3.8, 4) is 17.0 Å². The third-order valence-electron chi connectivity index (χ3n) is 6.22. The van der Waals surface area contributed by atoms with Gasteiger partial charge in [-0.1, -0.05) is 12.1 Å². The molecule has 170 valence electrons. The summed E-state index contributed by atoms with van der Waals surface area (Å²) in [6.07, 6.45) is 4.80. The molecular formula is C25H27N5O3. The first-order valence-corrected chi connectivity index (χ1v) is 11.1. The van der Waals surface area contributed by atoms with Crippen molar-refractivity contribution in [1.29, 1.82) is 0 Å². The van der Waals surface area contributed by atoms with Crippen LogP contribution in [0.15, 0.2) is 53.1 Å². The maximum Gasteiger partial charge on any atom is 0.272 e. The van der Waals surface area contributed by atoms with Crippen LogP contribution in [-0.2, 0) is 40.0 Å². The fourth-order valence-electron chi connectivity index (χ4n) is 4.55. The molecule has 3 aromatic heterocycles. The molecule has 0 aliphatic heterocycles. The Labute approximate surface area is 192 Å². The van der Waals surface area contributed by atoms with Gasteiger partial charge in [0.2, 0.25) is 0 Å². The molecule has 0 fully saturated rings. The van der Waals surface area contributed by atoms with E-state index in [1.54, 1.807) is 30.0 Å². The fourth-order valence-corrected chi connectivity index (χ4v) is 4.55. The summed E-state index contributed by atoms with van der Waals surface area (Å²) in [5, 5.41) is 9.32. The van der Waals surface area contributed by atoms with Crippen molar-refractivity contribution < 1.29 is 13.9 Å². The summed E-state index contributed by atoms with van der Waals surface area (Å²) in [6, 6.07) is 13.2. The molecule has 0 bridgehead atoms. The lowest BCUT2D eigenvalue weighted by Crippen LogP contribution is -2.32. The average molecular weight is 446 g/mol. The Bertz CT molecular complexity index is 1290. The number of amides is 1. The van der Waals surface area contributed by atoms with E-state index in [1.165, 1.54) is 11.3 Å². The highest BCUT2D eigenvalue weighted by atomic mass is 16.5. The van der Waals surface area contributed by atoms with Crippen LogP contribution in [0.1, 0.15) is 39.6 Å². The Kier molecular flexibility index (Phi) is 5.50. The number of rotatable bonds is 7. The maximum atomic E-state index is 13.7. The average Bonchev–Trinajstić information content (AvgIpc) is 3.61. The number of aromatic nitrogens is 4. The van der Waals surface area contributed by atoms with E-state index in [9.17, 15) is 4.79 Å². The van der Waals surface area contributed by atoms with Crippen LogP contribution >= 0.6 is 0 Å². The molecule has 0 N–H and O–H groups in total. The molecule has 8 heteroatoms. The Morgan fingerprint density at radius 3 is 2.76 bits per heavy atom. The molecule has 0 atom stereocenters. The molecule has 8 nitrogen and oxygen atoms in total. The number of aryl methyl sites for hydroxylation is 2. The molecule has 3 heterocycles. The highest BCUT2D eigenvalue weighted by Gasteiger charge is 2.27. The number of benzene rings is 1. The molecule has 1 amide bonds. The van der Waals surface area contributed by atoms with Crippen LogP contribution in [0.2, 0.25) is 0 Å². The van der Waals surface area contributed by atoms with Gasteiger partial charge in [0, 0.05) is 25.4 Å². The number of methoxy groups -OCH3 is 1. The van der Waals surface area contributed by atoms with Crippen LogP contribution in [-0.4, -0.2) is 37.5 Å². The molecule has 0 unspecified atom stereocenters. The highest BCUT2D eigenvalue weighted by molar-refractivity contribution is 5.93. The Hall–Kier alpha value is -3.81. The van der Waals surface area contributed by atoms with Gasteiger partial charge in [0.25, 0.3) is 5.91 Å². The van der Waals surface area contributed by atoms with Gasteiger partial charge in [-0.3, -0.25) is 14.2 Å². The number of carbonyl (C=O) groups excluding carboxylic acids is 1. The van der Waals surface area contributed by atoms with Crippen molar-refractivity contribution in [2.75, 3.05) is 7.11 Å². The summed E-state index contributed by atoms with van der Waals surface area (Å²) in [6.45, 7) is 0.777. The number of fused-ring (bicyclic) bond motifs is 1. The zero-order valence-corrected chi connectivity index (χ0v) is 19.1. The summed E-state index contributed by atoms with van der Waals surface area (Å²) in [7, 11) is 5.40. The molecule has 0 saturated heterocycles. The molecule has 0 saturated carbocycles. The molecule has 1 aromatic carbocycles. The second-order valence-electron chi connectivity index (χ2n) is 8.36.